The molecule has 0 aliphatic heterocycles. The van der Waals surface area contributed by atoms with Gasteiger partial charge in [0.1, 0.15) is 0 Å². The molecule has 0 spiro atoms. The number of rotatable bonds is 5. The fourth-order valence-corrected chi connectivity index (χ4v) is 3.82. The molecule has 104 valence electrons. The molecular weight excluding hydrogens is 292 g/mol. The highest BCUT2D eigenvalue weighted by atomic mass is 32.2. The van der Waals surface area contributed by atoms with Crippen molar-refractivity contribution in [3.8, 4) is 6.07 Å². The van der Waals surface area contributed by atoms with E-state index in [4.69, 9.17) is 5.26 Å². The van der Waals surface area contributed by atoms with Gasteiger partial charge in [-0.25, -0.2) is 8.42 Å². The third-order valence-corrected chi connectivity index (χ3v) is 5.52. The van der Waals surface area contributed by atoms with Crippen LogP contribution in [-0.2, 0) is 22.3 Å². The minimum absolute atomic E-state index is 0.154. The van der Waals surface area contributed by atoms with Crippen molar-refractivity contribution < 1.29 is 8.42 Å². The SMILES string of the molecule is CN(Cc1cccs1)S(=O)(=O)Cc1ccccc1C#N. The Kier molecular flexibility index (Phi) is 4.55. The molecule has 6 heteroatoms. The molecule has 4 nitrogen and oxygen atoms in total. The standard InChI is InChI=1S/C14H14N2O2S2/c1-16(10-14-7-4-8-19-14)20(17,18)11-13-6-3-2-5-12(13)9-15/h2-8H,10-11H2,1H3. The lowest BCUT2D eigenvalue weighted by molar-refractivity contribution is 0.469. The van der Waals surface area contributed by atoms with E-state index in [9.17, 15) is 8.42 Å². The van der Waals surface area contributed by atoms with Crippen molar-refractivity contribution in [1.29, 1.82) is 5.26 Å². The van der Waals surface area contributed by atoms with E-state index in [0.29, 0.717) is 17.7 Å². The molecule has 0 amide bonds. The lowest BCUT2D eigenvalue weighted by Gasteiger charge is -2.16. The van der Waals surface area contributed by atoms with Crippen LogP contribution in [0.1, 0.15) is 16.0 Å². The van der Waals surface area contributed by atoms with Crippen LogP contribution in [0.2, 0.25) is 0 Å². The van der Waals surface area contributed by atoms with Crippen LogP contribution >= 0.6 is 11.3 Å². The van der Waals surface area contributed by atoms with Crippen molar-refractivity contribution in [2.24, 2.45) is 0 Å². The van der Waals surface area contributed by atoms with E-state index in [1.54, 1.807) is 31.3 Å². The van der Waals surface area contributed by atoms with Gasteiger partial charge in [-0.05, 0) is 23.1 Å². The van der Waals surface area contributed by atoms with Gasteiger partial charge in [-0.15, -0.1) is 11.3 Å². The smallest absolute Gasteiger partial charge is 0.212 e. The Morgan fingerprint density at radius 2 is 2.00 bits per heavy atom. The van der Waals surface area contributed by atoms with Crippen LogP contribution < -0.4 is 0 Å². The summed E-state index contributed by atoms with van der Waals surface area (Å²) in [7, 11) is -1.87. The number of sulfonamides is 1. The molecule has 1 aromatic carbocycles. The molecule has 0 saturated heterocycles. The fraction of sp³-hybridized carbons (Fsp3) is 0.214. The van der Waals surface area contributed by atoms with E-state index in [0.717, 1.165) is 4.88 Å². The predicted octanol–water partition coefficient (Wildman–Crippen LogP) is 2.58. The van der Waals surface area contributed by atoms with Crippen molar-refractivity contribution >= 4 is 21.4 Å². The summed E-state index contributed by atoms with van der Waals surface area (Å²) in [4.78, 5) is 0.990. The van der Waals surface area contributed by atoms with Gasteiger partial charge in [0.2, 0.25) is 10.0 Å². The van der Waals surface area contributed by atoms with Gasteiger partial charge in [-0.2, -0.15) is 9.57 Å². The number of hydrogen-bond acceptors (Lipinski definition) is 4. The average molecular weight is 306 g/mol. The zero-order chi connectivity index (χ0) is 14.6. The van der Waals surface area contributed by atoms with Crippen LogP contribution in [-0.4, -0.2) is 19.8 Å². The van der Waals surface area contributed by atoms with Crippen LogP contribution in [0.4, 0.5) is 0 Å². The van der Waals surface area contributed by atoms with Crippen LogP contribution in [0.15, 0.2) is 41.8 Å². The van der Waals surface area contributed by atoms with Gasteiger partial charge in [0.25, 0.3) is 0 Å². The van der Waals surface area contributed by atoms with Crippen LogP contribution in [0, 0.1) is 11.3 Å². The fourth-order valence-electron chi connectivity index (χ4n) is 1.78. The molecule has 2 aromatic rings. The summed E-state index contributed by atoms with van der Waals surface area (Å²) in [5, 5.41) is 10.9. The van der Waals surface area contributed by atoms with Gasteiger partial charge in [-0.3, -0.25) is 0 Å². The lowest BCUT2D eigenvalue weighted by Crippen LogP contribution is -2.27. The molecule has 1 aromatic heterocycles. The summed E-state index contributed by atoms with van der Waals surface area (Å²) in [5.41, 5.74) is 0.939. The Labute approximate surface area is 123 Å². The van der Waals surface area contributed by atoms with Crippen LogP contribution in [0.5, 0.6) is 0 Å². The molecule has 0 bridgehead atoms. The Balaban J connectivity index is 2.17. The van der Waals surface area contributed by atoms with E-state index in [-0.39, 0.29) is 5.75 Å². The summed E-state index contributed by atoms with van der Waals surface area (Å²) < 4.78 is 26.0. The Bertz CT molecular complexity index is 716. The lowest BCUT2D eigenvalue weighted by atomic mass is 10.1. The maximum atomic E-state index is 12.3. The van der Waals surface area contributed by atoms with E-state index < -0.39 is 10.0 Å². The highest BCUT2D eigenvalue weighted by Gasteiger charge is 2.20. The third-order valence-electron chi connectivity index (χ3n) is 2.91. The molecule has 20 heavy (non-hydrogen) atoms. The summed E-state index contributed by atoms with van der Waals surface area (Å²) in [6.45, 7) is 0.356. The molecule has 2 rings (SSSR count). The molecule has 1 heterocycles. The first kappa shape index (κ1) is 14.7. The van der Waals surface area contributed by atoms with Crippen molar-refractivity contribution in [3.05, 3.63) is 57.8 Å². The molecule has 0 fully saturated rings. The van der Waals surface area contributed by atoms with E-state index in [2.05, 4.69) is 0 Å². The van der Waals surface area contributed by atoms with Crippen molar-refractivity contribution in [1.82, 2.24) is 4.31 Å². The highest BCUT2D eigenvalue weighted by molar-refractivity contribution is 7.88. The molecule has 0 unspecified atom stereocenters. The highest BCUT2D eigenvalue weighted by Crippen LogP contribution is 2.17. The predicted molar refractivity (Wildman–Crippen MR) is 79.6 cm³/mol. The molecular formula is C14H14N2O2S2. The third kappa shape index (κ3) is 3.45. The van der Waals surface area contributed by atoms with Gasteiger partial charge >= 0.3 is 0 Å². The Morgan fingerprint density at radius 1 is 1.25 bits per heavy atom. The second-order valence-electron chi connectivity index (χ2n) is 4.36. The maximum Gasteiger partial charge on any atom is 0.218 e. The summed E-state index contributed by atoms with van der Waals surface area (Å²) >= 11 is 1.52. The second-order valence-corrected chi connectivity index (χ2v) is 7.47. The zero-order valence-electron chi connectivity index (χ0n) is 11.0. The first-order valence-electron chi connectivity index (χ1n) is 5.97. The van der Waals surface area contributed by atoms with Gasteiger partial charge in [-0.1, -0.05) is 24.3 Å². The Hall–Kier alpha value is -1.68. The van der Waals surface area contributed by atoms with Crippen molar-refractivity contribution in [2.75, 3.05) is 7.05 Å². The minimum atomic E-state index is -3.43. The quantitative estimate of drug-likeness (QED) is 0.853. The number of nitriles is 1. The van der Waals surface area contributed by atoms with E-state index in [1.807, 2.05) is 23.6 Å². The average Bonchev–Trinajstić information content (AvgIpc) is 2.92. The van der Waals surface area contributed by atoms with Gasteiger partial charge in [0.05, 0.1) is 17.4 Å². The first-order valence-corrected chi connectivity index (χ1v) is 8.46. The van der Waals surface area contributed by atoms with Gasteiger partial charge in [0.15, 0.2) is 0 Å². The summed E-state index contributed by atoms with van der Waals surface area (Å²) in [5.74, 6) is -0.154. The van der Waals surface area contributed by atoms with Gasteiger partial charge < -0.3 is 0 Å². The molecule has 0 aliphatic rings. The molecule has 0 atom stereocenters. The van der Waals surface area contributed by atoms with Gasteiger partial charge in [0, 0.05) is 18.5 Å². The van der Waals surface area contributed by atoms with Crippen molar-refractivity contribution in [2.45, 2.75) is 12.3 Å². The molecule has 0 radical (unpaired) electrons. The number of nitrogens with zero attached hydrogens (tertiary/aromatic N) is 2. The number of thiophene rings is 1. The molecule has 0 saturated carbocycles. The topological polar surface area (TPSA) is 61.2 Å². The van der Waals surface area contributed by atoms with E-state index in [1.165, 1.54) is 15.6 Å². The summed E-state index contributed by atoms with van der Waals surface area (Å²) in [6, 6.07) is 12.6. The number of benzene rings is 1. The normalized spacial score (nSPS) is 11.4. The largest absolute Gasteiger partial charge is 0.218 e. The molecule has 0 N–H and O–H groups in total. The second kappa shape index (κ2) is 6.18. The Morgan fingerprint density at radius 3 is 2.65 bits per heavy atom. The van der Waals surface area contributed by atoms with Crippen LogP contribution in [0.25, 0.3) is 0 Å². The minimum Gasteiger partial charge on any atom is -0.212 e. The number of hydrogen-bond donors (Lipinski definition) is 0. The van der Waals surface area contributed by atoms with Crippen molar-refractivity contribution in [3.63, 3.8) is 0 Å². The van der Waals surface area contributed by atoms with E-state index >= 15 is 0 Å². The monoisotopic (exact) mass is 306 g/mol. The maximum absolute atomic E-state index is 12.3. The first-order chi connectivity index (χ1) is 9.53. The zero-order valence-corrected chi connectivity index (χ0v) is 12.6. The summed E-state index contributed by atoms with van der Waals surface area (Å²) in [6.07, 6.45) is 0. The van der Waals surface area contributed by atoms with Crippen LogP contribution in [0.3, 0.4) is 0 Å². The molecule has 0 aliphatic carbocycles.